The third kappa shape index (κ3) is 3.64. The summed E-state index contributed by atoms with van der Waals surface area (Å²) in [6, 6.07) is 3.87. The van der Waals surface area contributed by atoms with Gasteiger partial charge in [-0.2, -0.15) is 13.2 Å². The van der Waals surface area contributed by atoms with Crippen molar-refractivity contribution in [1.29, 1.82) is 0 Å². The second kappa shape index (κ2) is 6.32. The number of nitro groups is 1. The molecule has 0 unspecified atom stereocenters. The molecule has 2 aromatic rings. The summed E-state index contributed by atoms with van der Waals surface area (Å²) in [6.07, 6.45) is -4.73. The maximum Gasteiger partial charge on any atom is 0.453 e. The highest BCUT2D eigenvalue weighted by atomic mass is 32.2. The Morgan fingerprint density at radius 3 is 2.65 bits per heavy atom. The van der Waals surface area contributed by atoms with E-state index in [1.54, 1.807) is 6.92 Å². The fourth-order valence-corrected chi connectivity index (χ4v) is 2.40. The first kappa shape index (κ1) is 16.9. The zero-order valence-corrected chi connectivity index (χ0v) is 12.4. The molecule has 0 saturated carbocycles. The number of alkyl halides is 3. The average Bonchev–Trinajstić information content (AvgIpc) is 2.80. The summed E-state index contributed by atoms with van der Waals surface area (Å²) in [6.45, 7) is 1.84. The zero-order valence-electron chi connectivity index (χ0n) is 11.6. The first-order chi connectivity index (χ1) is 10.7. The molecular weight excluding hydrogens is 339 g/mol. The average molecular weight is 349 g/mol. The number of rotatable bonds is 5. The first-order valence-corrected chi connectivity index (χ1v) is 6.92. The molecular formula is C11H10F3N5O3S. The number of aromatic nitrogens is 3. The summed E-state index contributed by atoms with van der Waals surface area (Å²) in [4.78, 5) is 10.6. The van der Waals surface area contributed by atoms with Crippen LogP contribution in [0.4, 0.5) is 18.9 Å². The minimum Gasteiger partial charge on any atom is -0.487 e. The molecule has 0 bridgehead atoms. The molecule has 0 saturated heterocycles. The van der Waals surface area contributed by atoms with Crippen LogP contribution in [-0.4, -0.2) is 26.4 Å². The highest BCUT2D eigenvalue weighted by Crippen LogP contribution is 2.36. The van der Waals surface area contributed by atoms with E-state index in [4.69, 9.17) is 10.6 Å². The first-order valence-electron chi connectivity index (χ1n) is 6.10. The Morgan fingerprint density at radius 1 is 1.43 bits per heavy atom. The van der Waals surface area contributed by atoms with Gasteiger partial charge in [0, 0.05) is 17.0 Å². The van der Waals surface area contributed by atoms with Gasteiger partial charge in [-0.3, -0.25) is 10.1 Å². The van der Waals surface area contributed by atoms with Gasteiger partial charge in [-0.1, -0.05) is 0 Å². The van der Waals surface area contributed by atoms with Crippen LogP contribution in [0.25, 0.3) is 0 Å². The lowest BCUT2D eigenvalue weighted by Crippen LogP contribution is -2.21. The number of ether oxygens (including phenoxy) is 1. The van der Waals surface area contributed by atoms with Gasteiger partial charge in [-0.15, -0.1) is 10.2 Å². The summed E-state index contributed by atoms with van der Waals surface area (Å²) in [5.41, 5.74) is -0.249. The third-order valence-electron chi connectivity index (χ3n) is 2.56. The lowest BCUT2D eigenvalue weighted by atomic mass is 10.3. The Bertz CT molecular complexity index is 734. The van der Waals surface area contributed by atoms with E-state index >= 15 is 0 Å². The Balaban J connectivity index is 2.32. The molecule has 0 atom stereocenters. The van der Waals surface area contributed by atoms with E-state index in [0.29, 0.717) is 9.57 Å². The van der Waals surface area contributed by atoms with Crippen molar-refractivity contribution >= 4 is 17.4 Å². The van der Waals surface area contributed by atoms with Crippen molar-refractivity contribution in [2.45, 2.75) is 23.2 Å². The summed E-state index contributed by atoms with van der Waals surface area (Å²) >= 11 is 0.773. The Labute approximate surface area is 131 Å². The quantitative estimate of drug-likeness (QED) is 0.502. The molecule has 1 aromatic heterocycles. The molecule has 0 aliphatic heterocycles. The molecule has 1 aromatic carbocycles. The van der Waals surface area contributed by atoms with Gasteiger partial charge >= 0.3 is 11.9 Å². The molecule has 8 nitrogen and oxygen atoms in total. The lowest BCUT2D eigenvalue weighted by molar-refractivity contribution is -0.385. The molecule has 0 aliphatic carbocycles. The smallest absolute Gasteiger partial charge is 0.453 e. The fraction of sp³-hybridized carbons (Fsp3) is 0.273. The van der Waals surface area contributed by atoms with Crippen LogP contribution < -0.4 is 10.6 Å². The predicted molar refractivity (Wildman–Crippen MR) is 73.6 cm³/mol. The standard InChI is InChI=1S/C11H10F3N5O3S/c1-2-22-8-5-6(3-4-7(8)19(20)21)23-10-17-16-9(18(10)15)11(12,13)14/h3-5H,2,15H2,1H3. The van der Waals surface area contributed by atoms with Crippen LogP contribution >= 0.6 is 11.8 Å². The molecule has 124 valence electrons. The number of hydrogen-bond donors (Lipinski definition) is 1. The molecule has 0 radical (unpaired) electrons. The van der Waals surface area contributed by atoms with Crippen molar-refractivity contribution in [3.63, 3.8) is 0 Å². The topological polar surface area (TPSA) is 109 Å². The molecule has 0 fully saturated rings. The lowest BCUT2D eigenvalue weighted by Gasteiger charge is -2.08. The van der Waals surface area contributed by atoms with Gasteiger partial charge in [0.25, 0.3) is 5.82 Å². The van der Waals surface area contributed by atoms with Crippen LogP contribution in [0.5, 0.6) is 5.75 Å². The van der Waals surface area contributed by atoms with E-state index < -0.39 is 16.9 Å². The predicted octanol–water partition coefficient (Wildman–Crippen LogP) is 2.47. The summed E-state index contributed by atoms with van der Waals surface area (Å²) in [5.74, 6) is 3.98. The SMILES string of the molecule is CCOc1cc(Sc2nnc(C(F)(F)F)n2N)ccc1[N+](=O)[O-]. The van der Waals surface area contributed by atoms with E-state index in [1.165, 1.54) is 18.2 Å². The highest BCUT2D eigenvalue weighted by Gasteiger charge is 2.38. The van der Waals surface area contributed by atoms with Crippen molar-refractivity contribution in [2.75, 3.05) is 12.4 Å². The molecule has 23 heavy (non-hydrogen) atoms. The minimum atomic E-state index is -4.73. The number of halogens is 3. The number of nitrogen functional groups attached to an aromatic ring is 1. The van der Waals surface area contributed by atoms with Crippen molar-refractivity contribution in [2.24, 2.45) is 0 Å². The van der Waals surface area contributed by atoms with Crippen LogP contribution in [0.1, 0.15) is 12.7 Å². The molecule has 0 spiro atoms. The van der Waals surface area contributed by atoms with Crippen LogP contribution in [0.2, 0.25) is 0 Å². The van der Waals surface area contributed by atoms with E-state index in [-0.39, 0.29) is 23.2 Å². The highest BCUT2D eigenvalue weighted by molar-refractivity contribution is 7.99. The Hall–Kier alpha value is -2.50. The van der Waals surface area contributed by atoms with Gasteiger partial charge in [0.1, 0.15) is 0 Å². The second-order valence-corrected chi connectivity index (χ2v) is 5.14. The maximum atomic E-state index is 12.6. The largest absolute Gasteiger partial charge is 0.487 e. The van der Waals surface area contributed by atoms with Gasteiger partial charge in [-0.05, 0) is 24.8 Å². The van der Waals surface area contributed by atoms with Crippen molar-refractivity contribution in [3.8, 4) is 5.75 Å². The van der Waals surface area contributed by atoms with Gasteiger partial charge in [0.05, 0.1) is 11.5 Å². The molecule has 1 heterocycles. The summed E-state index contributed by atoms with van der Waals surface area (Å²) in [7, 11) is 0. The molecule has 0 amide bonds. The summed E-state index contributed by atoms with van der Waals surface area (Å²) < 4.78 is 43.3. The van der Waals surface area contributed by atoms with Crippen molar-refractivity contribution < 1.29 is 22.8 Å². The summed E-state index contributed by atoms with van der Waals surface area (Å²) in [5, 5.41) is 17.0. The number of hydrogen-bond acceptors (Lipinski definition) is 7. The number of nitro benzene ring substituents is 1. The number of nitrogens with two attached hydrogens (primary N) is 1. The van der Waals surface area contributed by atoms with E-state index in [1.807, 2.05) is 0 Å². The maximum absolute atomic E-state index is 12.6. The Kier molecular flexibility index (Phi) is 4.63. The van der Waals surface area contributed by atoms with Crippen LogP contribution in [0.3, 0.4) is 0 Å². The number of benzene rings is 1. The van der Waals surface area contributed by atoms with Gasteiger partial charge < -0.3 is 10.6 Å². The third-order valence-corrected chi connectivity index (χ3v) is 3.51. The minimum absolute atomic E-state index is 0.00151. The van der Waals surface area contributed by atoms with Crippen LogP contribution in [0, 0.1) is 10.1 Å². The molecule has 12 heteroatoms. The van der Waals surface area contributed by atoms with Crippen molar-refractivity contribution in [3.05, 3.63) is 34.1 Å². The zero-order chi connectivity index (χ0) is 17.2. The van der Waals surface area contributed by atoms with E-state index in [2.05, 4.69) is 10.2 Å². The second-order valence-electron chi connectivity index (χ2n) is 4.10. The monoisotopic (exact) mass is 349 g/mol. The molecule has 0 aliphatic rings. The van der Waals surface area contributed by atoms with Crippen LogP contribution in [0.15, 0.2) is 28.3 Å². The number of nitrogens with zero attached hydrogens (tertiary/aromatic N) is 4. The van der Waals surface area contributed by atoms with Crippen molar-refractivity contribution in [1.82, 2.24) is 14.9 Å². The van der Waals surface area contributed by atoms with Gasteiger partial charge in [0.15, 0.2) is 5.75 Å². The van der Waals surface area contributed by atoms with E-state index in [9.17, 15) is 23.3 Å². The normalized spacial score (nSPS) is 11.5. The molecule has 2 rings (SSSR count). The fourth-order valence-electron chi connectivity index (χ4n) is 1.63. The van der Waals surface area contributed by atoms with Crippen LogP contribution in [-0.2, 0) is 6.18 Å². The van der Waals surface area contributed by atoms with E-state index in [0.717, 1.165) is 11.8 Å². The van der Waals surface area contributed by atoms with Gasteiger partial charge in [0.2, 0.25) is 5.16 Å². The Morgan fingerprint density at radius 2 is 2.13 bits per heavy atom. The van der Waals surface area contributed by atoms with Gasteiger partial charge in [-0.25, -0.2) is 4.68 Å². The molecule has 2 N–H and O–H groups in total.